The molecule has 0 radical (unpaired) electrons. The van der Waals surface area contributed by atoms with Gasteiger partial charge in [-0.3, -0.25) is 0 Å². The van der Waals surface area contributed by atoms with E-state index in [9.17, 15) is 13.2 Å². The second-order valence-electron chi connectivity index (χ2n) is 7.80. The fourth-order valence-corrected chi connectivity index (χ4v) is 2.99. The normalized spacial score (nSPS) is 18.1. The number of nitrogens with one attached hydrogen (secondary N) is 1. The molecular formula is C18H28F3N3. The molecule has 2 rings (SSSR count). The van der Waals surface area contributed by atoms with E-state index in [1.807, 2.05) is 0 Å². The standard InChI is InChI=1S/C18H28F3N3/c1-17(2,3)13-22-9-12-24-10-7-14(8-11-24)15-5-4-6-16(23-15)18(19,20)21/h4-6,14,22H,7-13H2,1-3H3. The lowest BCUT2D eigenvalue weighted by Crippen LogP contribution is -2.39. The lowest BCUT2D eigenvalue weighted by atomic mass is 9.93. The molecule has 1 aromatic heterocycles. The zero-order valence-corrected chi connectivity index (χ0v) is 14.8. The largest absolute Gasteiger partial charge is 0.433 e. The summed E-state index contributed by atoms with van der Waals surface area (Å²) in [7, 11) is 0. The first-order valence-electron chi connectivity index (χ1n) is 8.62. The molecule has 3 nitrogen and oxygen atoms in total. The number of rotatable bonds is 5. The Morgan fingerprint density at radius 1 is 1.17 bits per heavy atom. The maximum Gasteiger partial charge on any atom is 0.433 e. The SMILES string of the molecule is CC(C)(C)CNCCN1CCC(c2cccc(C(F)(F)F)n2)CC1. The summed E-state index contributed by atoms with van der Waals surface area (Å²) in [6.45, 7) is 11.4. The molecule has 0 unspecified atom stereocenters. The fourth-order valence-electron chi connectivity index (χ4n) is 2.99. The number of alkyl halides is 3. The van der Waals surface area contributed by atoms with Gasteiger partial charge in [0.15, 0.2) is 0 Å². The summed E-state index contributed by atoms with van der Waals surface area (Å²) >= 11 is 0. The first-order valence-corrected chi connectivity index (χ1v) is 8.62. The minimum atomic E-state index is -4.37. The van der Waals surface area contributed by atoms with Crippen LogP contribution in [0.2, 0.25) is 0 Å². The Morgan fingerprint density at radius 2 is 1.83 bits per heavy atom. The zero-order valence-electron chi connectivity index (χ0n) is 14.8. The van der Waals surface area contributed by atoms with Crippen molar-refractivity contribution in [3.63, 3.8) is 0 Å². The average molecular weight is 343 g/mol. The second-order valence-corrected chi connectivity index (χ2v) is 7.80. The van der Waals surface area contributed by atoms with Crippen LogP contribution in [0.3, 0.4) is 0 Å². The van der Waals surface area contributed by atoms with Gasteiger partial charge >= 0.3 is 6.18 Å². The van der Waals surface area contributed by atoms with Gasteiger partial charge in [-0.05, 0) is 43.5 Å². The summed E-state index contributed by atoms with van der Waals surface area (Å²) in [5.74, 6) is 0.131. The third-order valence-electron chi connectivity index (χ3n) is 4.33. The summed E-state index contributed by atoms with van der Waals surface area (Å²) in [6.07, 6.45) is -2.63. The Labute approximate surface area is 142 Å². The van der Waals surface area contributed by atoms with Gasteiger partial charge in [-0.1, -0.05) is 26.8 Å². The van der Waals surface area contributed by atoms with Crippen LogP contribution in [-0.4, -0.2) is 42.6 Å². The lowest BCUT2D eigenvalue weighted by Gasteiger charge is -2.32. The van der Waals surface area contributed by atoms with E-state index >= 15 is 0 Å². The molecule has 0 atom stereocenters. The quantitative estimate of drug-likeness (QED) is 0.822. The van der Waals surface area contributed by atoms with Crippen molar-refractivity contribution < 1.29 is 13.2 Å². The number of pyridine rings is 1. The van der Waals surface area contributed by atoms with Crippen molar-refractivity contribution in [3.05, 3.63) is 29.6 Å². The van der Waals surface area contributed by atoms with Crippen molar-refractivity contribution in [2.45, 2.75) is 45.7 Å². The molecule has 0 amide bonds. The third kappa shape index (κ3) is 6.06. The molecule has 1 aliphatic heterocycles. The molecule has 6 heteroatoms. The molecule has 1 N–H and O–H groups in total. The van der Waals surface area contributed by atoms with Crippen molar-refractivity contribution in [1.29, 1.82) is 0 Å². The predicted octanol–water partition coefficient (Wildman–Crippen LogP) is 3.92. The molecule has 0 saturated carbocycles. The number of piperidine rings is 1. The minimum absolute atomic E-state index is 0.131. The summed E-state index contributed by atoms with van der Waals surface area (Å²) in [5.41, 5.74) is 0.0754. The topological polar surface area (TPSA) is 28.2 Å². The van der Waals surface area contributed by atoms with Crippen LogP contribution in [0.15, 0.2) is 18.2 Å². The molecule has 0 aliphatic carbocycles. The molecule has 1 saturated heterocycles. The first-order chi connectivity index (χ1) is 11.1. The molecule has 0 spiro atoms. The molecule has 24 heavy (non-hydrogen) atoms. The van der Waals surface area contributed by atoms with E-state index < -0.39 is 11.9 Å². The van der Waals surface area contributed by atoms with Crippen molar-refractivity contribution >= 4 is 0 Å². The minimum Gasteiger partial charge on any atom is -0.315 e. The van der Waals surface area contributed by atoms with Crippen molar-refractivity contribution in [3.8, 4) is 0 Å². The molecule has 1 aromatic rings. The van der Waals surface area contributed by atoms with E-state index in [2.05, 4.69) is 36.0 Å². The molecule has 0 bridgehead atoms. The molecular weight excluding hydrogens is 315 g/mol. The second kappa shape index (κ2) is 7.83. The number of halogens is 3. The monoisotopic (exact) mass is 343 g/mol. The number of hydrogen-bond acceptors (Lipinski definition) is 3. The van der Waals surface area contributed by atoms with Crippen LogP contribution in [0, 0.1) is 5.41 Å². The summed E-state index contributed by atoms with van der Waals surface area (Å²) in [6, 6.07) is 4.23. The molecule has 136 valence electrons. The summed E-state index contributed by atoms with van der Waals surface area (Å²) in [5, 5.41) is 3.46. The molecule has 2 heterocycles. The van der Waals surface area contributed by atoms with Gasteiger partial charge in [0.25, 0.3) is 0 Å². The highest BCUT2D eigenvalue weighted by atomic mass is 19.4. The number of likely N-dealkylation sites (tertiary alicyclic amines) is 1. The van der Waals surface area contributed by atoms with Crippen molar-refractivity contribution in [2.24, 2.45) is 5.41 Å². The Balaban J connectivity index is 1.79. The third-order valence-corrected chi connectivity index (χ3v) is 4.33. The Hall–Kier alpha value is -1.14. The molecule has 1 fully saturated rings. The number of hydrogen-bond donors (Lipinski definition) is 1. The van der Waals surface area contributed by atoms with Gasteiger partial charge in [0.05, 0.1) is 0 Å². The fraction of sp³-hybridized carbons (Fsp3) is 0.722. The number of nitrogens with zero attached hydrogens (tertiary/aromatic N) is 2. The maximum absolute atomic E-state index is 12.8. The maximum atomic E-state index is 12.8. The Morgan fingerprint density at radius 3 is 2.42 bits per heavy atom. The van der Waals surface area contributed by atoms with Crippen LogP contribution in [0.1, 0.15) is 50.9 Å². The Kier molecular flexibility index (Phi) is 6.26. The Bertz CT molecular complexity index is 515. The van der Waals surface area contributed by atoms with E-state index in [-0.39, 0.29) is 11.3 Å². The van der Waals surface area contributed by atoms with E-state index in [4.69, 9.17) is 0 Å². The highest BCUT2D eigenvalue weighted by Gasteiger charge is 2.33. The van der Waals surface area contributed by atoms with Crippen LogP contribution in [-0.2, 0) is 6.18 Å². The van der Waals surface area contributed by atoms with Gasteiger partial charge in [-0.25, -0.2) is 4.98 Å². The van der Waals surface area contributed by atoms with E-state index in [0.29, 0.717) is 5.69 Å². The van der Waals surface area contributed by atoms with Gasteiger partial charge < -0.3 is 10.2 Å². The van der Waals surface area contributed by atoms with Crippen LogP contribution < -0.4 is 5.32 Å². The predicted molar refractivity (Wildman–Crippen MR) is 90.0 cm³/mol. The zero-order chi connectivity index (χ0) is 17.8. The molecule has 1 aliphatic rings. The highest BCUT2D eigenvalue weighted by molar-refractivity contribution is 5.17. The van der Waals surface area contributed by atoms with Gasteiger partial charge in [0, 0.05) is 31.2 Å². The van der Waals surface area contributed by atoms with Gasteiger partial charge in [-0.2, -0.15) is 13.2 Å². The highest BCUT2D eigenvalue weighted by Crippen LogP contribution is 2.31. The van der Waals surface area contributed by atoms with Crippen LogP contribution >= 0.6 is 0 Å². The van der Waals surface area contributed by atoms with Gasteiger partial charge in [0.1, 0.15) is 5.69 Å². The van der Waals surface area contributed by atoms with E-state index in [1.54, 1.807) is 6.07 Å². The average Bonchev–Trinajstić information content (AvgIpc) is 2.51. The van der Waals surface area contributed by atoms with Gasteiger partial charge in [-0.15, -0.1) is 0 Å². The van der Waals surface area contributed by atoms with Crippen LogP contribution in [0.4, 0.5) is 13.2 Å². The van der Waals surface area contributed by atoms with Gasteiger partial charge in [0.2, 0.25) is 0 Å². The van der Waals surface area contributed by atoms with E-state index in [1.165, 1.54) is 6.07 Å². The van der Waals surface area contributed by atoms with Crippen LogP contribution in [0.25, 0.3) is 0 Å². The summed E-state index contributed by atoms with van der Waals surface area (Å²) < 4.78 is 38.3. The molecule has 0 aromatic carbocycles. The van der Waals surface area contributed by atoms with Crippen molar-refractivity contribution in [2.75, 3.05) is 32.7 Å². The first kappa shape index (κ1) is 19.2. The van der Waals surface area contributed by atoms with E-state index in [0.717, 1.165) is 51.6 Å². The van der Waals surface area contributed by atoms with Crippen LogP contribution in [0.5, 0.6) is 0 Å². The summed E-state index contributed by atoms with van der Waals surface area (Å²) in [4.78, 5) is 6.21. The van der Waals surface area contributed by atoms with Crippen molar-refractivity contribution in [1.82, 2.24) is 15.2 Å². The number of aromatic nitrogens is 1. The smallest absolute Gasteiger partial charge is 0.315 e. The lowest BCUT2D eigenvalue weighted by molar-refractivity contribution is -0.141.